The predicted molar refractivity (Wildman–Crippen MR) is 115 cm³/mol. The zero-order chi connectivity index (χ0) is 23.8. The molecule has 3 N–H and O–H groups in total. The van der Waals surface area contributed by atoms with E-state index in [9.17, 15) is 22.4 Å². The summed E-state index contributed by atoms with van der Waals surface area (Å²) in [4.78, 5) is 21.6. The fourth-order valence-electron chi connectivity index (χ4n) is 3.11. The highest BCUT2D eigenvalue weighted by molar-refractivity contribution is 5.92. The van der Waals surface area contributed by atoms with Gasteiger partial charge in [-0.05, 0) is 48.9 Å². The van der Waals surface area contributed by atoms with Crippen LogP contribution in [-0.4, -0.2) is 45.3 Å². The molecule has 0 saturated heterocycles. The smallest absolute Gasteiger partial charge is 0.401 e. The summed E-state index contributed by atoms with van der Waals surface area (Å²) in [7, 11) is 0. The SMILES string of the molecule is FC(F)(F)CNCCc1c[nH]c2ccccc12.O=C(O)c1nccnc1-c1ccc(F)cc1. The molecule has 172 valence electrons. The Morgan fingerprint density at radius 2 is 1.73 bits per heavy atom. The Kier molecular flexibility index (Phi) is 7.73. The third-order valence-corrected chi connectivity index (χ3v) is 4.59. The third-order valence-electron chi connectivity index (χ3n) is 4.59. The lowest BCUT2D eigenvalue weighted by Gasteiger charge is -2.07. The Bertz CT molecular complexity index is 1210. The van der Waals surface area contributed by atoms with Crippen LogP contribution < -0.4 is 5.32 Å². The Labute approximate surface area is 186 Å². The number of carboxylic acid groups (broad SMARTS) is 1. The molecule has 6 nitrogen and oxygen atoms in total. The lowest BCUT2D eigenvalue weighted by molar-refractivity contribution is -0.124. The van der Waals surface area contributed by atoms with Crippen LogP contribution in [0.5, 0.6) is 0 Å². The number of fused-ring (bicyclic) bond motifs is 1. The number of benzene rings is 2. The van der Waals surface area contributed by atoms with E-state index in [-0.39, 0.29) is 17.2 Å². The topological polar surface area (TPSA) is 90.9 Å². The van der Waals surface area contributed by atoms with Gasteiger partial charge in [0.25, 0.3) is 0 Å². The molecule has 4 rings (SSSR count). The normalized spacial score (nSPS) is 11.2. The Morgan fingerprint density at radius 1 is 1.03 bits per heavy atom. The van der Waals surface area contributed by atoms with Crippen LogP contribution in [0.15, 0.2) is 67.1 Å². The third kappa shape index (κ3) is 6.84. The van der Waals surface area contributed by atoms with Crippen molar-refractivity contribution in [3.8, 4) is 11.3 Å². The van der Waals surface area contributed by atoms with Crippen molar-refractivity contribution in [3.63, 3.8) is 0 Å². The summed E-state index contributed by atoms with van der Waals surface area (Å²) in [5.41, 5.74) is 2.66. The molecule has 0 saturated carbocycles. The highest BCUT2D eigenvalue weighted by atomic mass is 19.4. The number of aromatic amines is 1. The maximum Gasteiger partial charge on any atom is 0.401 e. The quantitative estimate of drug-likeness (QED) is 0.283. The molecule has 33 heavy (non-hydrogen) atoms. The van der Waals surface area contributed by atoms with E-state index in [1.54, 1.807) is 0 Å². The Hall–Kier alpha value is -3.79. The molecule has 0 aliphatic heterocycles. The maximum absolute atomic E-state index is 12.7. The van der Waals surface area contributed by atoms with Crippen LogP contribution in [0, 0.1) is 5.82 Å². The number of H-pyrrole nitrogens is 1. The Morgan fingerprint density at radius 3 is 2.42 bits per heavy atom. The number of halogens is 4. The fraction of sp³-hybridized carbons (Fsp3) is 0.174. The highest BCUT2D eigenvalue weighted by Crippen LogP contribution is 2.20. The van der Waals surface area contributed by atoms with Gasteiger partial charge in [0.05, 0.1) is 6.54 Å². The van der Waals surface area contributed by atoms with E-state index in [0.717, 1.165) is 16.5 Å². The van der Waals surface area contributed by atoms with Crippen molar-refractivity contribution in [1.29, 1.82) is 0 Å². The summed E-state index contributed by atoms with van der Waals surface area (Å²) < 4.78 is 48.4. The average Bonchev–Trinajstić information content (AvgIpc) is 3.20. The Balaban J connectivity index is 0.000000186. The molecule has 10 heteroatoms. The fourth-order valence-corrected chi connectivity index (χ4v) is 3.11. The lowest BCUT2D eigenvalue weighted by Crippen LogP contribution is -2.30. The molecule has 2 aromatic heterocycles. The molecule has 0 amide bonds. The molecule has 0 spiro atoms. The van der Waals surface area contributed by atoms with Crippen LogP contribution in [0.1, 0.15) is 16.1 Å². The molecule has 0 radical (unpaired) electrons. The average molecular weight is 460 g/mol. The second-order valence-corrected chi connectivity index (χ2v) is 6.97. The maximum atomic E-state index is 12.7. The van der Waals surface area contributed by atoms with Gasteiger partial charge >= 0.3 is 12.1 Å². The van der Waals surface area contributed by atoms with E-state index < -0.39 is 18.7 Å². The van der Waals surface area contributed by atoms with Crippen LogP contribution in [0.3, 0.4) is 0 Å². The first-order chi connectivity index (χ1) is 15.7. The minimum Gasteiger partial charge on any atom is -0.476 e. The van der Waals surface area contributed by atoms with Gasteiger partial charge < -0.3 is 15.4 Å². The van der Waals surface area contributed by atoms with Gasteiger partial charge in [-0.2, -0.15) is 13.2 Å². The number of carbonyl (C=O) groups is 1. The van der Waals surface area contributed by atoms with E-state index in [0.29, 0.717) is 18.5 Å². The first kappa shape index (κ1) is 23.9. The van der Waals surface area contributed by atoms with Crippen LogP contribution in [0.2, 0.25) is 0 Å². The monoisotopic (exact) mass is 460 g/mol. The predicted octanol–water partition coefficient (Wildman–Crippen LogP) is 4.84. The van der Waals surface area contributed by atoms with Crippen LogP contribution in [0.4, 0.5) is 17.6 Å². The number of nitrogens with one attached hydrogen (secondary N) is 2. The van der Waals surface area contributed by atoms with Crippen molar-refractivity contribution in [3.05, 3.63) is 84.2 Å². The number of aromatic carboxylic acids is 1. The standard InChI is InChI=1S/C12H13F3N2.C11H7FN2O2/c13-12(14,15)8-16-6-5-9-7-17-11-4-2-1-3-10(9)11;12-8-3-1-7(2-4-8)9-10(11(15)16)14-6-5-13-9/h1-4,7,16-17H,5-6,8H2;1-6H,(H,15,16). The zero-order valence-corrected chi connectivity index (χ0v) is 17.2. The van der Waals surface area contributed by atoms with Crippen LogP contribution in [-0.2, 0) is 6.42 Å². The first-order valence-electron chi connectivity index (χ1n) is 9.87. The molecule has 4 aromatic rings. The first-order valence-corrected chi connectivity index (χ1v) is 9.87. The minimum absolute atomic E-state index is 0.144. The van der Waals surface area contributed by atoms with Gasteiger partial charge in [-0.3, -0.25) is 4.98 Å². The minimum atomic E-state index is -4.14. The van der Waals surface area contributed by atoms with Crippen LogP contribution >= 0.6 is 0 Å². The van der Waals surface area contributed by atoms with E-state index >= 15 is 0 Å². The lowest BCUT2D eigenvalue weighted by atomic mass is 10.1. The van der Waals surface area contributed by atoms with Gasteiger partial charge in [-0.1, -0.05) is 18.2 Å². The molecule has 0 unspecified atom stereocenters. The van der Waals surface area contributed by atoms with Crippen molar-refractivity contribution in [2.24, 2.45) is 0 Å². The van der Waals surface area contributed by atoms with Gasteiger partial charge in [0.2, 0.25) is 0 Å². The highest BCUT2D eigenvalue weighted by Gasteiger charge is 2.25. The second kappa shape index (κ2) is 10.7. The molecule has 0 aliphatic carbocycles. The summed E-state index contributed by atoms with van der Waals surface area (Å²) >= 11 is 0. The molecule has 0 bridgehead atoms. The van der Waals surface area contributed by atoms with Crippen molar-refractivity contribution in [2.75, 3.05) is 13.1 Å². The molecule has 2 aromatic carbocycles. The summed E-state index contributed by atoms with van der Waals surface area (Å²) in [6.07, 6.45) is 0.988. The summed E-state index contributed by atoms with van der Waals surface area (Å²) in [5.74, 6) is -1.54. The summed E-state index contributed by atoms with van der Waals surface area (Å²) in [5, 5.41) is 12.4. The van der Waals surface area contributed by atoms with E-state index in [2.05, 4.69) is 20.3 Å². The van der Waals surface area contributed by atoms with Crippen molar-refractivity contribution in [1.82, 2.24) is 20.3 Å². The second-order valence-electron chi connectivity index (χ2n) is 6.97. The van der Waals surface area contributed by atoms with Crippen LogP contribution in [0.25, 0.3) is 22.2 Å². The van der Waals surface area contributed by atoms with Gasteiger partial charge in [-0.25, -0.2) is 14.2 Å². The van der Waals surface area contributed by atoms with E-state index in [1.807, 2.05) is 30.5 Å². The van der Waals surface area contributed by atoms with Gasteiger partial charge in [0.15, 0.2) is 5.69 Å². The molecule has 2 heterocycles. The zero-order valence-electron chi connectivity index (χ0n) is 17.2. The summed E-state index contributed by atoms with van der Waals surface area (Å²) in [6.45, 7) is -0.614. The molecule has 0 fully saturated rings. The number of hydrogen-bond donors (Lipinski definition) is 3. The molecule has 0 aliphatic rings. The largest absolute Gasteiger partial charge is 0.476 e. The van der Waals surface area contributed by atoms with Crippen molar-refractivity contribution < 1.29 is 27.5 Å². The van der Waals surface area contributed by atoms with Gasteiger partial charge in [-0.15, -0.1) is 0 Å². The van der Waals surface area contributed by atoms with E-state index in [1.165, 1.54) is 36.7 Å². The van der Waals surface area contributed by atoms with Crippen molar-refractivity contribution in [2.45, 2.75) is 12.6 Å². The number of nitrogens with zero attached hydrogens (tertiary/aromatic N) is 2. The number of para-hydroxylation sites is 1. The molecular weight excluding hydrogens is 440 g/mol. The van der Waals surface area contributed by atoms with Gasteiger partial charge in [0.1, 0.15) is 11.5 Å². The van der Waals surface area contributed by atoms with Crippen molar-refractivity contribution >= 4 is 16.9 Å². The van der Waals surface area contributed by atoms with E-state index in [4.69, 9.17) is 5.11 Å². The number of carboxylic acids is 1. The number of alkyl halides is 3. The molecular formula is C23H20F4N4O2. The number of aromatic nitrogens is 3. The number of hydrogen-bond acceptors (Lipinski definition) is 4. The summed E-state index contributed by atoms with van der Waals surface area (Å²) in [6, 6.07) is 13.2. The number of rotatable bonds is 6. The molecule has 0 atom stereocenters. The van der Waals surface area contributed by atoms with Gasteiger partial charge in [0, 0.05) is 35.1 Å².